The molecule has 3 aromatic heterocycles. The van der Waals surface area contributed by atoms with E-state index in [1.165, 1.54) is 0 Å². The van der Waals surface area contributed by atoms with Crippen LogP contribution in [-0.2, 0) is 0 Å². The maximum absolute atomic E-state index is 5.20. The van der Waals surface area contributed by atoms with Crippen molar-refractivity contribution in [1.29, 1.82) is 0 Å². The summed E-state index contributed by atoms with van der Waals surface area (Å²) in [7, 11) is 0. The molecule has 0 bridgehead atoms. The van der Waals surface area contributed by atoms with Crippen LogP contribution in [0.2, 0.25) is 0 Å². The van der Waals surface area contributed by atoms with Gasteiger partial charge in [-0.1, -0.05) is 123 Å². The third-order valence-corrected chi connectivity index (χ3v) is 7.43. The molecule has 0 radical (unpaired) electrons. The Morgan fingerprint density at radius 1 is 0.463 bits per heavy atom. The Labute approximate surface area is 239 Å². The first-order valence-electron chi connectivity index (χ1n) is 13.9. The summed E-state index contributed by atoms with van der Waals surface area (Å²) in [5, 5.41) is 2.05. The van der Waals surface area contributed by atoms with Crippen LogP contribution in [0.5, 0.6) is 0 Å². The molecule has 7 aromatic rings. The Morgan fingerprint density at radius 2 is 0.976 bits per heavy atom. The second kappa shape index (κ2) is 10.4. The average molecular weight is 529 g/mol. The minimum atomic E-state index is 0.311. The van der Waals surface area contributed by atoms with Crippen molar-refractivity contribution < 1.29 is 0 Å². The van der Waals surface area contributed by atoms with E-state index in [0.29, 0.717) is 11.7 Å². The molecule has 0 saturated carbocycles. The quantitative estimate of drug-likeness (QED) is 0.209. The van der Waals surface area contributed by atoms with Crippen molar-refractivity contribution in [2.45, 2.75) is 19.8 Å². The van der Waals surface area contributed by atoms with E-state index in [2.05, 4.69) is 86.6 Å². The molecule has 4 aromatic carbocycles. The Bertz CT molecular complexity index is 1940. The summed E-state index contributed by atoms with van der Waals surface area (Å²) in [6, 6.07) is 43.6. The zero-order valence-corrected chi connectivity index (χ0v) is 23.0. The fourth-order valence-electron chi connectivity index (χ4n) is 5.23. The Morgan fingerprint density at radius 3 is 1.51 bits per heavy atom. The van der Waals surface area contributed by atoms with Gasteiger partial charge in [-0.15, -0.1) is 0 Å². The first-order chi connectivity index (χ1) is 20.1. The smallest absolute Gasteiger partial charge is 0.161 e. The molecule has 4 heteroatoms. The van der Waals surface area contributed by atoms with Gasteiger partial charge in [0.05, 0.1) is 28.1 Å². The molecule has 7 rings (SSSR count). The minimum Gasteiger partial charge on any atom is -0.250 e. The van der Waals surface area contributed by atoms with Gasteiger partial charge in [-0.3, -0.25) is 4.98 Å². The summed E-state index contributed by atoms with van der Waals surface area (Å²) in [4.78, 5) is 20.6. The van der Waals surface area contributed by atoms with Crippen molar-refractivity contribution in [2.75, 3.05) is 0 Å². The lowest BCUT2D eigenvalue weighted by Crippen LogP contribution is -1.99. The van der Waals surface area contributed by atoms with Gasteiger partial charge in [0.15, 0.2) is 5.82 Å². The van der Waals surface area contributed by atoms with E-state index < -0.39 is 0 Å². The summed E-state index contributed by atoms with van der Waals surface area (Å²) in [5.74, 6) is 0.972. The number of rotatable bonds is 5. The maximum Gasteiger partial charge on any atom is 0.161 e. The Hall–Kier alpha value is -5.22. The fourth-order valence-corrected chi connectivity index (χ4v) is 5.23. The van der Waals surface area contributed by atoms with Crippen molar-refractivity contribution in [3.63, 3.8) is 0 Å². The van der Waals surface area contributed by atoms with Crippen LogP contribution in [0.3, 0.4) is 0 Å². The van der Waals surface area contributed by atoms with Crippen LogP contribution in [-0.4, -0.2) is 19.9 Å². The second-order valence-corrected chi connectivity index (χ2v) is 10.5. The molecule has 3 heterocycles. The maximum atomic E-state index is 5.20. The van der Waals surface area contributed by atoms with E-state index in [9.17, 15) is 0 Å². The molecule has 0 spiro atoms. The minimum absolute atomic E-state index is 0.311. The number of pyridine rings is 2. The van der Waals surface area contributed by atoms with Crippen LogP contribution < -0.4 is 0 Å². The molecule has 196 valence electrons. The van der Waals surface area contributed by atoms with Gasteiger partial charge in [-0.05, 0) is 24.1 Å². The van der Waals surface area contributed by atoms with Crippen LogP contribution in [0, 0.1) is 0 Å². The predicted octanol–water partition coefficient (Wildman–Crippen LogP) is 9.36. The third-order valence-electron chi connectivity index (χ3n) is 7.43. The molecular formula is C37H28N4. The molecule has 0 fully saturated rings. The highest BCUT2D eigenvalue weighted by molar-refractivity contribution is 6.08. The fraction of sp³-hybridized carbons (Fsp3) is 0.0811. The first-order valence-corrected chi connectivity index (χ1v) is 13.9. The summed E-state index contributed by atoms with van der Waals surface area (Å²) in [5.41, 5.74) is 9.49. The second-order valence-electron chi connectivity index (χ2n) is 10.5. The lowest BCUT2D eigenvalue weighted by Gasteiger charge is -2.14. The molecule has 0 amide bonds. The van der Waals surface area contributed by atoms with Crippen LogP contribution >= 0.6 is 0 Å². The predicted molar refractivity (Wildman–Crippen MR) is 168 cm³/mol. The van der Waals surface area contributed by atoms with E-state index in [1.807, 2.05) is 54.6 Å². The average Bonchev–Trinajstić information content (AvgIpc) is 3.05. The number of hydrogen-bond acceptors (Lipinski definition) is 4. The first kappa shape index (κ1) is 24.8. The molecule has 0 saturated heterocycles. The monoisotopic (exact) mass is 528 g/mol. The van der Waals surface area contributed by atoms with Gasteiger partial charge in [0.25, 0.3) is 0 Å². The molecule has 41 heavy (non-hydrogen) atoms. The topological polar surface area (TPSA) is 51.6 Å². The molecular weight excluding hydrogens is 500 g/mol. The highest BCUT2D eigenvalue weighted by atomic mass is 14.9. The highest BCUT2D eigenvalue weighted by Gasteiger charge is 2.18. The van der Waals surface area contributed by atoms with Crippen molar-refractivity contribution >= 4 is 21.8 Å². The van der Waals surface area contributed by atoms with E-state index in [4.69, 9.17) is 19.9 Å². The molecule has 0 unspecified atom stereocenters. The summed E-state index contributed by atoms with van der Waals surface area (Å²) < 4.78 is 0. The van der Waals surface area contributed by atoms with Gasteiger partial charge in [-0.2, -0.15) is 0 Å². The molecule has 0 aliphatic heterocycles. The number of hydrogen-bond donors (Lipinski definition) is 0. The van der Waals surface area contributed by atoms with Crippen molar-refractivity contribution in [2.24, 2.45) is 0 Å². The molecule has 0 aliphatic rings. The lowest BCUT2D eigenvalue weighted by atomic mass is 10.00. The number of aromatic nitrogens is 4. The van der Waals surface area contributed by atoms with E-state index in [-0.39, 0.29) is 0 Å². The van der Waals surface area contributed by atoms with Gasteiger partial charge in [0.2, 0.25) is 0 Å². The van der Waals surface area contributed by atoms with E-state index >= 15 is 0 Å². The lowest BCUT2D eigenvalue weighted by molar-refractivity contribution is 0.830. The van der Waals surface area contributed by atoms with Crippen molar-refractivity contribution in [3.05, 3.63) is 133 Å². The number of benzene rings is 4. The molecule has 4 nitrogen and oxygen atoms in total. The Balaban J connectivity index is 1.56. The van der Waals surface area contributed by atoms with E-state index in [1.54, 1.807) is 0 Å². The van der Waals surface area contributed by atoms with Crippen LogP contribution in [0.4, 0.5) is 0 Å². The zero-order chi connectivity index (χ0) is 27.8. The molecule has 0 aliphatic carbocycles. The highest BCUT2D eigenvalue weighted by Crippen LogP contribution is 2.36. The van der Waals surface area contributed by atoms with Crippen molar-refractivity contribution in [1.82, 2.24) is 19.9 Å². The standard InChI is InChI=1S/C37H28N4/c1-24(2)31-21-19-28-18-20-29-30(22-32(25-12-6-3-7-13-25)39-36(29)35(28)38-31)37-40-33(26-14-8-4-9-15-26)23-34(41-37)27-16-10-5-11-17-27/h3-24H,1-2H3. The summed E-state index contributed by atoms with van der Waals surface area (Å²) >= 11 is 0. The van der Waals surface area contributed by atoms with Gasteiger partial charge in [0.1, 0.15) is 0 Å². The SMILES string of the molecule is CC(C)c1ccc2ccc3c(-c4nc(-c5ccccc5)cc(-c5ccccc5)n4)cc(-c4ccccc4)nc3c2n1. The summed E-state index contributed by atoms with van der Waals surface area (Å²) in [6.45, 7) is 4.34. The van der Waals surface area contributed by atoms with Gasteiger partial charge < -0.3 is 0 Å². The zero-order valence-electron chi connectivity index (χ0n) is 23.0. The third kappa shape index (κ3) is 4.74. The van der Waals surface area contributed by atoms with E-state index in [0.717, 1.165) is 66.8 Å². The number of fused-ring (bicyclic) bond motifs is 3. The van der Waals surface area contributed by atoms with Crippen LogP contribution in [0.25, 0.3) is 67.0 Å². The number of nitrogens with zero attached hydrogens (tertiary/aromatic N) is 4. The van der Waals surface area contributed by atoms with Crippen LogP contribution in [0.1, 0.15) is 25.5 Å². The summed E-state index contributed by atoms with van der Waals surface area (Å²) in [6.07, 6.45) is 0. The van der Waals surface area contributed by atoms with Crippen LogP contribution in [0.15, 0.2) is 127 Å². The van der Waals surface area contributed by atoms with Gasteiger partial charge in [-0.25, -0.2) is 15.0 Å². The largest absolute Gasteiger partial charge is 0.250 e. The van der Waals surface area contributed by atoms with Gasteiger partial charge >= 0.3 is 0 Å². The Kier molecular flexibility index (Phi) is 6.29. The van der Waals surface area contributed by atoms with Gasteiger partial charge in [0, 0.05) is 38.7 Å². The molecule has 0 atom stereocenters. The molecule has 0 N–H and O–H groups in total. The normalized spacial score (nSPS) is 11.4. The van der Waals surface area contributed by atoms with Crippen molar-refractivity contribution in [3.8, 4) is 45.2 Å².